The Morgan fingerprint density at radius 1 is 1.10 bits per heavy atom. The third-order valence-electron chi connectivity index (χ3n) is 6.54. The highest BCUT2D eigenvalue weighted by Gasteiger charge is 2.27. The first kappa shape index (κ1) is 21.1. The van der Waals surface area contributed by atoms with Gasteiger partial charge in [0.1, 0.15) is 0 Å². The minimum Gasteiger partial charge on any atom is -0.478 e. The van der Waals surface area contributed by atoms with Crippen molar-refractivity contribution in [2.45, 2.75) is 57.1 Å². The minimum atomic E-state index is -0.919. The van der Waals surface area contributed by atoms with Crippen LogP contribution in [0.25, 0.3) is 0 Å². The smallest absolute Gasteiger partial charge is 0.335 e. The Labute approximate surface area is 179 Å². The second-order valence-corrected chi connectivity index (χ2v) is 8.63. The molecule has 2 saturated heterocycles. The van der Waals surface area contributed by atoms with Crippen LogP contribution in [-0.4, -0.2) is 78.3 Å². The number of ether oxygens (including phenoxy) is 1. The number of nitrogens with one attached hydrogen (secondary N) is 1. The molecule has 0 amide bonds. The number of piperazine rings is 1. The van der Waals surface area contributed by atoms with Crippen LogP contribution in [0.3, 0.4) is 0 Å². The van der Waals surface area contributed by atoms with Crippen LogP contribution >= 0.6 is 0 Å². The van der Waals surface area contributed by atoms with Crippen LogP contribution in [0, 0.1) is 0 Å². The predicted molar refractivity (Wildman–Crippen MR) is 118 cm³/mol. The van der Waals surface area contributed by atoms with Crippen LogP contribution in [-0.2, 0) is 4.74 Å². The topological polar surface area (TPSA) is 77.4 Å². The molecular weight excluding hydrogens is 380 g/mol. The lowest BCUT2D eigenvalue weighted by molar-refractivity contribution is 0.0697. The van der Waals surface area contributed by atoms with E-state index >= 15 is 0 Å². The number of nitrogens with zero attached hydrogens (tertiary/aromatic N) is 3. The summed E-state index contributed by atoms with van der Waals surface area (Å²) < 4.78 is 5.75. The molecule has 1 aliphatic carbocycles. The van der Waals surface area contributed by atoms with Crippen LogP contribution in [0.1, 0.15) is 55.3 Å². The van der Waals surface area contributed by atoms with Crippen molar-refractivity contribution in [2.75, 3.05) is 44.6 Å². The van der Waals surface area contributed by atoms with Gasteiger partial charge in [-0.25, -0.2) is 4.79 Å². The summed E-state index contributed by atoms with van der Waals surface area (Å²) in [6, 6.07) is 7.69. The summed E-state index contributed by atoms with van der Waals surface area (Å²) in [4.78, 5) is 21.2. The first-order valence-corrected chi connectivity index (χ1v) is 11.4. The van der Waals surface area contributed by atoms with Crippen molar-refractivity contribution in [3.05, 3.63) is 29.8 Å². The lowest BCUT2D eigenvalue weighted by atomic mass is 9.94. The highest BCUT2D eigenvalue weighted by atomic mass is 16.5. The van der Waals surface area contributed by atoms with Crippen LogP contribution in [0.4, 0.5) is 5.69 Å². The molecule has 1 aromatic rings. The van der Waals surface area contributed by atoms with Crippen molar-refractivity contribution >= 4 is 17.6 Å². The fourth-order valence-electron chi connectivity index (χ4n) is 4.80. The zero-order chi connectivity index (χ0) is 20.8. The van der Waals surface area contributed by atoms with Crippen molar-refractivity contribution in [1.82, 2.24) is 9.80 Å². The first-order valence-electron chi connectivity index (χ1n) is 11.4. The molecule has 7 heteroatoms. The van der Waals surface area contributed by atoms with Crippen LogP contribution in [0.15, 0.2) is 29.3 Å². The van der Waals surface area contributed by atoms with Gasteiger partial charge in [0.15, 0.2) is 5.96 Å². The number of rotatable bonds is 5. The van der Waals surface area contributed by atoms with Gasteiger partial charge >= 0.3 is 5.97 Å². The van der Waals surface area contributed by atoms with E-state index in [0.29, 0.717) is 6.54 Å². The molecular formula is C23H34N4O3. The minimum absolute atomic E-state index is 0.190. The molecule has 2 aliphatic heterocycles. The molecule has 30 heavy (non-hydrogen) atoms. The van der Waals surface area contributed by atoms with Gasteiger partial charge in [-0.3, -0.25) is 9.89 Å². The number of benzene rings is 1. The van der Waals surface area contributed by atoms with Gasteiger partial charge in [-0.2, -0.15) is 0 Å². The van der Waals surface area contributed by atoms with Crippen LogP contribution in [0.5, 0.6) is 0 Å². The van der Waals surface area contributed by atoms with Crippen molar-refractivity contribution < 1.29 is 14.6 Å². The van der Waals surface area contributed by atoms with Gasteiger partial charge < -0.3 is 20.1 Å². The van der Waals surface area contributed by atoms with E-state index in [1.807, 2.05) is 6.07 Å². The quantitative estimate of drug-likeness (QED) is 0.569. The molecule has 3 aliphatic rings. The molecule has 0 radical (unpaired) electrons. The molecule has 7 nitrogen and oxygen atoms in total. The normalized spacial score (nSPS) is 24.2. The predicted octanol–water partition coefficient (Wildman–Crippen LogP) is 3.28. The van der Waals surface area contributed by atoms with Gasteiger partial charge in [-0.05, 0) is 43.9 Å². The van der Waals surface area contributed by atoms with Gasteiger partial charge in [0.05, 0.1) is 18.2 Å². The first-order chi connectivity index (χ1) is 14.7. The summed E-state index contributed by atoms with van der Waals surface area (Å²) in [6.45, 7) is 5.45. The third-order valence-corrected chi connectivity index (χ3v) is 6.54. The number of guanidine groups is 1. The van der Waals surface area contributed by atoms with Crippen molar-refractivity contribution in [3.8, 4) is 0 Å². The van der Waals surface area contributed by atoms with E-state index in [2.05, 4.69) is 15.1 Å². The lowest BCUT2D eigenvalue weighted by Gasteiger charge is -2.41. The maximum absolute atomic E-state index is 11.3. The summed E-state index contributed by atoms with van der Waals surface area (Å²) in [5, 5.41) is 12.7. The number of hydrogen-bond acceptors (Lipinski definition) is 4. The molecule has 2 N–H and O–H groups in total. The number of carbonyl (C=O) groups is 1. The molecule has 2 heterocycles. The number of carboxylic acid groups (broad SMARTS) is 1. The number of hydrogen-bond donors (Lipinski definition) is 2. The van der Waals surface area contributed by atoms with Crippen molar-refractivity contribution in [2.24, 2.45) is 4.99 Å². The lowest BCUT2D eigenvalue weighted by Crippen LogP contribution is -2.53. The third kappa shape index (κ3) is 5.52. The average Bonchev–Trinajstić information content (AvgIpc) is 3.31. The Balaban J connectivity index is 1.43. The SMILES string of the molecule is O=C(O)c1cccc(NC(=NC[C@H]2CCCO2)N2CCN(C3CCCCC3)CC2)c1. The highest BCUT2D eigenvalue weighted by molar-refractivity contribution is 5.95. The Morgan fingerprint density at radius 2 is 1.90 bits per heavy atom. The number of anilines is 1. The average molecular weight is 415 g/mol. The second kappa shape index (κ2) is 10.3. The van der Waals surface area contributed by atoms with Crippen LogP contribution in [0.2, 0.25) is 0 Å². The number of carboxylic acids is 1. The standard InChI is InChI=1S/C23H34N4O3/c28-22(29)18-6-4-7-19(16-18)25-23(24-17-21-10-5-15-30-21)27-13-11-26(12-14-27)20-8-2-1-3-9-20/h4,6-7,16,20-21H,1-3,5,8-15,17H2,(H,24,25)(H,28,29)/t21-/m1/s1. The Bertz CT molecular complexity index is 734. The molecule has 0 aromatic heterocycles. The fraction of sp³-hybridized carbons (Fsp3) is 0.652. The Morgan fingerprint density at radius 3 is 2.60 bits per heavy atom. The molecule has 1 saturated carbocycles. The Hall–Kier alpha value is -2.12. The summed E-state index contributed by atoms with van der Waals surface area (Å²) in [5.74, 6) is -0.0890. The van der Waals surface area contributed by atoms with Crippen molar-refractivity contribution in [1.29, 1.82) is 0 Å². The summed E-state index contributed by atoms with van der Waals surface area (Å²) >= 11 is 0. The van der Waals surface area contributed by atoms with E-state index in [9.17, 15) is 9.90 Å². The van der Waals surface area contributed by atoms with E-state index in [0.717, 1.165) is 63.3 Å². The Kier molecular flexibility index (Phi) is 7.23. The molecule has 1 aromatic carbocycles. The molecule has 3 fully saturated rings. The zero-order valence-corrected chi connectivity index (χ0v) is 17.8. The van der Waals surface area contributed by atoms with E-state index in [4.69, 9.17) is 9.73 Å². The summed E-state index contributed by atoms with van der Waals surface area (Å²) in [7, 11) is 0. The van der Waals surface area contributed by atoms with E-state index in [1.165, 1.54) is 32.1 Å². The van der Waals surface area contributed by atoms with Crippen molar-refractivity contribution in [3.63, 3.8) is 0 Å². The van der Waals surface area contributed by atoms with Crippen LogP contribution < -0.4 is 5.32 Å². The van der Waals surface area contributed by atoms with Gasteiger partial charge in [0.25, 0.3) is 0 Å². The molecule has 0 unspecified atom stereocenters. The van der Waals surface area contributed by atoms with Gasteiger partial charge in [-0.15, -0.1) is 0 Å². The summed E-state index contributed by atoms with van der Waals surface area (Å²) in [6.07, 6.45) is 9.12. The molecule has 0 bridgehead atoms. The van der Waals surface area contributed by atoms with E-state index in [-0.39, 0.29) is 11.7 Å². The van der Waals surface area contributed by atoms with E-state index in [1.54, 1.807) is 18.2 Å². The maximum atomic E-state index is 11.3. The maximum Gasteiger partial charge on any atom is 0.335 e. The highest BCUT2D eigenvalue weighted by Crippen LogP contribution is 2.24. The van der Waals surface area contributed by atoms with Gasteiger partial charge in [0.2, 0.25) is 0 Å². The number of aromatic carboxylic acids is 1. The summed E-state index contributed by atoms with van der Waals surface area (Å²) in [5.41, 5.74) is 1.04. The fourth-order valence-corrected chi connectivity index (χ4v) is 4.80. The monoisotopic (exact) mass is 414 g/mol. The molecule has 0 spiro atoms. The molecule has 164 valence electrons. The van der Waals surface area contributed by atoms with E-state index < -0.39 is 5.97 Å². The van der Waals surface area contributed by atoms with Gasteiger partial charge in [0, 0.05) is 44.5 Å². The number of aliphatic imine (C=N–C) groups is 1. The molecule has 4 rings (SSSR count). The largest absolute Gasteiger partial charge is 0.478 e. The zero-order valence-electron chi connectivity index (χ0n) is 17.8. The molecule has 1 atom stereocenters. The van der Waals surface area contributed by atoms with Gasteiger partial charge in [-0.1, -0.05) is 25.3 Å². The second-order valence-electron chi connectivity index (χ2n) is 8.63.